The van der Waals surface area contributed by atoms with Gasteiger partial charge in [0.15, 0.2) is 0 Å². The van der Waals surface area contributed by atoms with E-state index in [4.69, 9.17) is 9.47 Å². The Bertz CT molecular complexity index is 1310. The first kappa shape index (κ1) is 23.7. The molecule has 6 heteroatoms. The van der Waals surface area contributed by atoms with Gasteiger partial charge in [0.25, 0.3) is 11.7 Å². The third-order valence-electron chi connectivity index (χ3n) is 6.57. The van der Waals surface area contributed by atoms with Crippen LogP contribution in [0.5, 0.6) is 11.5 Å². The fraction of sp³-hybridized carbons (Fsp3) is 0.267. The third kappa shape index (κ3) is 4.47. The number of benzene rings is 3. The van der Waals surface area contributed by atoms with Gasteiger partial charge in [-0.15, -0.1) is 0 Å². The van der Waals surface area contributed by atoms with Crippen molar-refractivity contribution in [3.63, 3.8) is 0 Å². The maximum atomic E-state index is 13.3. The number of aliphatic hydroxyl groups is 1. The summed E-state index contributed by atoms with van der Waals surface area (Å²) in [4.78, 5) is 28.1. The van der Waals surface area contributed by atoms with E-state index in [0.29, 0.717) is 17.9 Å². The van der Waals surface area contributed by atoms with Gasteiger partial charge < -0.3 is 19.5 Å². The number of carbonyl (C=O) groups is 2. The minimum atomic E-state index is -0.728. The zero-order chi connectivity index (χ0) is 25.2. The molecule has 0 radical (unpaired) electrons. The molecule has 0 spiro atoms. The van der Waals surface area contributed by atoms with Crippen LogP contribution in [0.4, 0.5) is 0 Å². The first-order valence-corrected chi connectivity index (χ1v) is 12.3. The molecule has 3 aromatic rings. The quantitative estimate of drug-likeness (QED) is 0.276. The number of likely N-dealkylation sites (tertiary alicyclic amines) is 1. The van der Waals surface area contributed by atoms with Crippen molar-refractivity contribution in [2.75, 3.05) is 6.61 Å². The predicted octanol–water partition coefficient (Wildman–Crippen LogP) is 5.42. The van der Waals surface area contributed by atoms with Gasteiger partial charge in [-0.25, -0.2) is 0 Å². The van der Waals surface area contributed by atoms with Gasteiger partial charge in [-0.05, 0) is 60.4 Å². The van der Waals surface area contributed by atoms with Gasteiger partial charge in [-0.2, -0.15) is 0 Å². The van der Waals surface area contributed by atoms with E-state index in [0.717, 1.165) is 35.3 Å². The minimum Gasteiger partial charge on any atom is -0.507 e. The zero-order valence-electron chi connectivity index (χ0n) is 20.4. The molecule has 3 aromatic carbocycles. The van der Waals surface area contributed by atoms with Crippen LogP contribution in [-0.2, 0) is 22.6 Å². The number of nitrogens with zero attached hydrogens (tertiary/aromatic N) is 1. The van der Waals surface area contributed by atoms with Gasteiger partial charge in [0.1, 0.15) is 23.4 Å². The molecule has 1 amide bonds. The lowest BCUT2D eigenvalue weighted by Crippen LogP contribution is -2.29. The Morgan fingerprint density at radius 1 is 1.06 bits per heavy atom. The summed E-state index contributed by atoms with van der Waals surface area (Å²) in [5.41, 5.74) is 3.19. The highest BCUT2D eigenvalue weighted by Gasteiger charge is 2.46. The molecule has 0 aliphatic carbocycles. The molecule has 2 heterocycles. The molecule has 6 nitrogen and oxygen atoms in total. The molecule has 5 rings (SSSR count). The highest BCUT2D eigenvalue weighted by atomic mass is 16.5. The molecule has 184 valence electrons. The molecule has 1 fully saturated rings. The largest absolute Gasteiger partial charge is 0.507 e. The Morgan fingerprint density at radius 3 is 2.53 bits per heavy atom. The molecule has 0 unspecified atom stereocenters. The summed E-state index contributed by atoms with van der Waals surface area (Å²) in [7, 11) is 0. The van der Waals surface area contributed by atoms with Gasteiger partial charge in [-0.1, -0.05) is 49.4 Å². The number of Topliss-reactive ketones (excluding diaryl/α,β-unsaturated/α-hetero) is 1. The van der Waals surface area contributed by atoms with E-state index in [1.807, 2.05) is 80.6 Å². The fourth-order valence-electron chi connectivity index (χ4n) is 4.86. The Labute approximate surface area is 210 Å². The zero-order valence-corrected chi connectivity index (χ0v) is 20.4. The maximum Gasteiger partial charge on any atom is 0.295 e. The second-order valence-electron chi connectivity index (χ2n) is 9.29. The number of fused-ring (bicyclic) bond motifs is 1. The van der Waals surface area contributed by atoms with E-state index < -0.39 is 17.7 Å². The van der Waals surface area contributed by atoms with Crippen LogP contribution in [0.1, 0.15) is 48.6 Å². The van der Waals surface area contributed by atoms with Gasteiger partial charge >= 0.3 is 0 Å². The lowest BCUT2D eigenvalue weighted by Gasteiger charge is -2.25. The Hall–Kier alpha value is -4.06. The fourth-order valence-corrected chi connectivity index (χ4v) is 4.86. The predicted molar refractivity (Wildman–Crippen MR) is 137 cm³/mol. The van der Waals surface area contributed by atoms with Crippen LogP contribution in [0.25, 0.3) is 5.76 Å². The van der Waals surface area contributed by atoms with Crippen molar-refractivity contribution >= 4 is 17.4 Å². The van der Waals surface area contributed by atoms with Crippen molar-refractivity contribution in [3.8, 4) is 11.5 Å². The van der Waals surface area contributed by atoms with Crippen molar-refractivity contribution < 1.29 is 24.2 Å². The molecule has 0 aromatic heterocycles. The van der Waals surface area contributed by atoms with Gasteiger partial charge in [-0.3, -0.25) is 9.59 Å². The summed E-state index contributed by atoms with van der Waals surface area (Å²) < 4.78 is 11.5. The number of aliphatic hydroxyl groups excluding tert-OH is 1. The first-order valence-electron chi connectivity index (χ1n) is 12.3. The van der Waals surface area contributed by atoms with Gasteiger partial charge in [0.05, 0.1) is 18.2 Å². The number of hydrogen-bond acceptors (Lipinski definition) is 5. The van der Waals surface area contributed by atoms with Crippen LogP contribution in [0.2, 0.25) is 0 Å². The summed E-state index contributed by atoms with van der Waals surface area (Å²) in [6, 6.07) is 21.6. The molecule has 1 saturated heterocycles. The molecular weight excluding hydrogens is 454 g/mol. The van der Waals surface area contributed by atoms with Crippen LogP contribution < -0.4 is 9.47 Å². The van der Waals surface area contributed by atoms with Crippen molar-refractivity contribution in [3.05, 3.63) is 101 Å². The molecule has 2 aliphatic rings. The third-order valence-corrected chi connectivity index (χ3v) is 6.57. The van der Waals surface area contributed by atoms with Gasteiger partial charge in [0, 0.05) is 18.5 Å². The SMILES string of the molecule is CCCOc1ccc([C@H]2C(=C(O)c3ccc4c(c3)C[C@@H](C)O4)C(=O)C(=O)N2Cc2ccccc2)cc1. The summed E-state index contributed by atoms with van der Waals surface area (Å²) in [6.07, 6.45) is 1.67. The Kier molecular flexibility index (Phi) is 6.51. The van der Waals surface area contributed by atoms with Crippen LogP contribution in [0.15, 0.2) is 78.4 Å². The average Bonchev–Trinajstić information content (AvgIpc) is 3.39. The minimum absolute atomic E-state index is 0.0577. The van der Waals surface area contributed by atoms with Crippen molar-refractivity contribution in [1.82, 2.24) is 4.90 Å². The van der Waals surface area contributed by atoms with Crippen LogP contribution in [0.3, 0.4) is 0 Å². The summed E-state index contributed by atoms with van der Waals surface area (Å²) in [5, 5.41) is 11.4. The number of hydrogen-bond donors (Lipinski definition) is 1. The van der Waals surface area contributed by atoms with E-state index >= 15 is 0 Å². The van der Waals surface area contributed by atoms with Crippen molar-refractivity contribution in [1.29, 1.82) is 0 Å². The van der Waals surface area contributed by atoms with Crippen molar-refractivity contribution in [2.24, 2.45) is 0 Å². The number of rotatable bonds is 7. The normalized spacial score (nSPS) is 20.3. The molecule has 0 bridgehead atoms. The number of ether oxygens (including phenoxy) is 2. The topological polar surface area (TPSA) is 76.1 Å². The second-order valence-corrected chi connectivity index (χ2v) is 9.29. The standard InChI is InChI=1S/C30H29NO5/c1-3-15-35-24-12-9-21(10-13-24)27-26(28(32)22-11-14-25-23(17-22)16-19(2)36-25)29(33)30(34)31(27)18-20-7-5-4-6-8-20/h4-14,17,19,27,32H,3,15-16,18H2,1-2H3/t19-,27+/m1/s1. The van der Waals surface area contributed by atoms with E-state index in [1.54, 1.807) is 6.07 Å². The van der Waals surface area contributed by atoms with E-state index in [-0.39, 0.29) is 24.0 Å². The van der Waals surface area contributed by atoms with Crippen molar-refractivity contribution in [2.45, 2.75) is 45.4 Å². The average molecular weight is 484 g/mol. The number of ketones is 1. The van der Waals surface area contributed by atoms with Crippen LogP contribution in [-0.4, -0.2) is 34.4 Å². The van der Waals surface area contributed by atoms with Crippen LogP contribution >= 0.6 is 0 Å². The molecular formula is C30H29NO5. The Balaban J connectivity index is 1.58. The number of amides is 1. The lowest BCUT2D eigenvalue weighted by atomic mass is 9.94. The van der Waals surface area contributed by atoms with Crippen LogP contribution in [0, 0.1) is 0 Å². The van der Waals surface area contributed by atoms with E-state index in [2.05, 4.69) is 0 Å². The summed E-state index contributed by atoms with van der Waals surface area (Å²) >= 11 is 0. The second kappa shape index (κ2) is 9.90. The summed E-state index contributed by atoms with van der Waals surface area (Å²) in [6.45, 7) is 4.88. The lowest BCUT2D eigenvalue weighted by molar-refractivity contribution is -0.140. The molecule has 0 saturated carbocycles. The monoisotopic (exact) mass is 483 g/mol. The van der Waals surface area contributed by atoms with E-state index in [1.165, 1.54) is 4.90 Å². The molecule has 1 N–H and O–H groups in total. The first-order chi connectivity index (χ1) is 17.5. The maximum absolute atomic E-state index is 13.3. The smallest absolute Gasteiger partial charge is 0.295 e. The highest BCUT2D eigenvalue weighted by molar-refractivity contribution is 6.46. The summed E-state index contributed by atoms with van der Waals surface area (Å²) in [5.74, 6) is -0.00147. The molecule has 36 heavy (non-hydrogen) atoms. The molecule has 2 atom stereocenters. The number of carbonyl (C=O) groups excluding carboxylic acids is 2. The van der Waals surface area contributed by atoms with E-state index in [9.17, 15) is 14.7 Å². The molecule has 2 aliphatic heterocycles. The van der Waals surface area contributed by atoms with Gasteiger partial charge in [0.2, 0.25) is 0 Å². The highest BCUT2D eigenvalue weighted by Crippen LogP contribution is 2.41. The Morgan fingerprint density at radius 2 is 1.81 bits per heavy atom.